The van der Waals surface area contributed by atoms with Gasteiger partial charge in [-0.25, -0.2) is 0 Å². The molecule has 2 radical (unpaired) electrons. The fourth-order valence-corrected chi connectivity index (χ4v) is 0.683. The van der Waals surface area contributed by atoms with E-state index < -0.39 is 6.10 Å². The number of allylic oxidation sites excluding steroid dienone is 1. The Bertz CT molecular complexity index is 262. The van der Waals surface area contributed by atoms with E-state index >= 15 is 0 Å². The van der Waals surface area contributed by atoms with Crippen molar-refractivity contribution in [3.8, 4) is 0 Å². The summed E-state index contributed by atoms with van der Waals surface area (Å²) in [5, 5.41) is 9.26. The first-order chi connectivity index (χ1) is 8.06. The van der Waals surface area contributed by atoms with Gasteiger partial charge in [-0.2, -0.15) is 0 Å². The smallest absolute Gasteiger partial charge is 0.0652 e. The molecule has 0 aromatic carbocycles. The van der Waals surface area contributed by atoms with Gasteiger partial charge in [0, 0.05) is 23.5 Å². The van der Waals surface area contributed by atoms with Crippen molar-refractivity contribution in [1.29, 1.82) is 0 Å². The minimum absolute atomic E-state index is 0. The fourth-order valence-electron chi connectivity index (χ4n) is 0.683. The molecule has 1 N–H and O–H groups in total. The van der Waals surface area contributed by atoms with Crippen LogP contribution in [-0.2, 0) is 31.0 Å². The molecule has 0 aliphatic carbocycles. The molecule has 0 fully saturated rings. The monoisotopic (exact) mass is 290 g/mol. The van der Waals surface area contributed by atoms with Crippen molar-refractivity contribution >= 4 is 0 Å². The quantitative estimate of drug-likeness (QED) is 0.357. The molecule has 0 aliphatic heterocycles. The normalized spacial score (nSPS) is 7.78. The zero-order chi connectivity index (χ0) is 14.9. The molecule has 98 valence electrons. The molecule has 4 nitrogen and oxygen atoms in total. The van der Waals surface area contributed by atoms with Gasteiger partial charge in [-0.15, -0.1) is 0 Å². The van der Waals surface area contributed by atoms with Gasteiger partial charge in [-0.05, 0) is 13.3 Å². The average Bonchev–Trinajstić information content (AvgIpc) is 2.35. The van der Waals surface area contributed by atoms with Crippen LogP contribution in [0.1, 0.15) is 6.42 Å². The Morgan fingerprint density at radius 3 is 1.67 bits per heavy atom. The second kappa shape index (κ2) is 29.7. The predicted molar refractivity (Wildman–Crippen MR) is 60.5 cm³/mol. The van der Waals surface area contributed by atoms with Gasteiger partial charge in [-0.3, -0.25) is 0 Å². The van der Waals surface area contributed by atoms with Crippen LogP contribution in [0.3, 0.4) is 0 Å². The van der Waals surface area contributed by atoms with E-state index in [-0.39, 0.29) is 17.1 Å². The van der Waals surface area contributed by atoms with E-state index in [0.29, 0.717) is 12.0 Å². The molecular formula is C13H14FeO4. The summed E-state index contributed by atoms with van der Waals surface area (Å²) in [5.41, 5.74) is 1.43. The summed E-state index contributed by atoms with van der Waals surface area (Å²) in [6, 6.07) is 0. The molecule has 1 atom stereocenters. The summed E-state index contributed by atoms with van der Waals surface area (Å²) in [7, 11) is 0. The molecule has 0 aromatic heterocycles. The van der Waals surface area contributed by atoms with Crippen LogP contribution in [0.4, 0.5) is 0 Å². The second-order valence-electron chi connectivity index (χ2n) is 2.46. The summed E-state index contributed by atoms with van der Waals surface area (Å²) < 4.78 is 22.5. The Labute approximate surface area is 119 Å². The van der Waals surface area contributed by atoms with Crippen LogP contribution in [-0.4, -0.2) is 11.2 Å². The third-order valence-corrected chi connectivity index (χ3v) is 1.19. The third kappa shape index (κ3) is 36.3. The molecule has 0 unspecified atom stereocenters. The molecule has 0 heterocycles. The van der Waals surface area contributed by atoms with E-state index in [4.69, 9.17) is 14.0 Å². The Morgan fingerprint density at radius 2 is 1.44 bits per heavy atom. The van der Waals surface area contributed by atoms with Crippen LogP contribution in [0, 0.1) is 33.3 Å². The van der Waals surface area contributed by atoms with Gasteiger partial charge in [0.05, 0.1) is 6.10 Å². The van der Waals surface area contributed by atoms with Crippen LogP contribution in [0.25, 0.3) is 0 Å². The van der Waals surface area contributed by atoms with Gasteiger partial charge in [0.2, 0.25) is 0 Å². The third-order valence-electron chi connectivity index (χ3n) is 1.19. The maximum atomic E-state index is 9.26. The van der Waals surface area contributed by atoms with Gasteiger partial charge in [0.15, 0.2) is 0 Å². The van der Waals surface area contributed by atoms with Crippen LogP contribution in [0.2, 0.25) is 0 Å². The number of hydrogen-bond donors (Lipinski definition) is 1. The zero-order valence-corrected chi connectivity index (χ0v) is 10.9. The first-order valence-corrected chi connectivity index (χ1v) is 4.01. The topological polar surface area (TPSA) is 79.9 Å². The Balaban J connectivity index is -0.0000000700. The van der Waals surface area contributed by atoms with E-state index in [1.165, 1.54) is 0 Å². The van der Waals surface area contributed by atoms with Gasteiger partial charge >= 0.3 is 33.9 Å². The molecule has 0 amide bonds. The van der Waals surface area contributed by atoms with Gasteiger partial charge in [0.25, 0.3) is 0 Å². The largest absolute Gasteiger partial charge is 0.392 e. The number of rotatable bonds is 5. The molecule has 5 heteroatoms. The van der Waals surface area contributed by atoms with E-state index in [9.17, 15) is 5.11 Å². The molecule has 0 aromatic rings. The summed E-state index contributed by atoms with van der Waals surface area (Å²) in [6.45, 7) is 27.8. The van der Waals surface area contributed by atoms with Crippen molar-refractivity contribution in [3.05, 3.63) is 70.3 Å². The van der Waals surface area contributed by atoms with E-state index in [1.807, 2.05) is 0 Å². The molecule has 0 saturated carbocycles. The Hall–Kier alpha value is -1.08. The van der Waals surface area contributed by atoms with Crippen molar-refractivity contribution in [2.75, 3.05) is 0 Å². The Morgan fingerprint density at radius 1 is 1.11 bits per heavy atom. The van der Waals surface area contributed by atoms with Crippen LogP contribution >= 0.6 is 0 Å². The van der Waals surface area contributed by atoms with E-state index in [2.05, 4.69) is 46.6 Å². The molecule has 0 rings (SSSR count). The van der Waals surface area contributed by atoms with Crippen LogP contribution in [0.15, 0.2) is 37.0 Å². The zero-order valence-electron chi connectivity index (χ0n) is 9.79. The van der Waals surface area contributed by atoms with Crippen molar-refractivity contribution in [2.24, 2.45) is 0 Å². The van der Waals surface area contributed by atoms with E-state index in [1.54, 1.807) is 12.5 Å². The summed E-state index contributed by atoms with van der Waals surface area (Å²) >= 11 is 0. The second-order valence-corrected chi connectivity index (χ2v) is 2.46. The first kappa shape index (κ1) is 30.2. The van der Waals surface area contributed by atoms with Gasteiger partial charge < -0.3 is 5.11 Å². The van der Waals surface area contributed by atoms with Crippen LogP contribution in [0.5, 0.6) is 0 Å². The van der Waals surface area contributed by atoms with Gasteiger partial charge in [0.1, 0.15) is 0 Å². The molecule has 0 aliphatic rings. The molecular weight excluding hydrogens is 276 g/mol. The van der Waals surface area contributed by atoms with Crippen molar-refractivity contribution in [1.82, 2.24) is 0 Å². The minimum Gasteiger partial charge on any atom is -0.392 e. The summed E-state index contributed by atoms with van der Waals surface area (Å²) in [6.07, 6.45) is 3.18. The maximum absolute atomic E-state index is 9.26. The number of aliphatic hydroxyl groups is 1. The summed E-state index contributed by atoms with van der Waals surface area (Å²) in [4.78, 5) is 0. The fraction of sp³-hybridized carbons (Fsp3) is 0.154. The summed E-state index contributed by atoms with van der Waals surface area (Å²) in [5.74, 6) is 0. The maximum Gasteiger partial charge on any atom is 0.0652 e. The average molecular weight is 290 g/mol. The van der Waals surface area contributed by atoms with Crippen molar-refractivity contribution < 1.29 is 36.1 Å². The first-order valence-electron chi connectivity index (χ1n) is 4.01. The van der Waals surface area contributed by atoms with Crippen molar-refractivity contribution in [2.45, 2.75) is 12.5 Å². The van der Waals surface area contributed by atoms with E-state index in [0.717, 1.165) is 5.57 Å². The molecule has 0 bridgehead atoms. The van der Waals surface area contributed by atoms with Gasteiger partial charge in [-0.1, -0.05) is 37.0 Å². The number of hydrogen-bond acceptors (Lipinski definition) is 1. The SMILES string of the molecule is [C-]#[O+].[C-]#[O+].[C-]#[O+].[CH2]C(=C)[CH][C@H](O)CC(=C)C=C.[Fe]. The molecule has 0 saturated heterocycles. The number of aliphatic hydroxyl groups excluding tert-OH is 1. The minimum atomic E-state index is -0.537. The van der Waals surface area contributed by atoms with Crippen LogP contribution < -0.4 is 0 Å². The standard InChI is InChI=1S/C10H14O.3CO.Fe/c1-5-9(4)7-10(11)6-8(2)3;3*1-2;/h5-6,10-11H,1-4,7H2;;;;/t10-;;;;/m0..../s1. The molecule has 18 heavy (non-hydrogen) atoms. The Kier molecular flexibility index (Phi) is 49.8. The van der Waals surface area contributed by atoms with Crippen molar-refractivity contribution in [3.63, 3.8) is 0 Å². The molecule has 0 spiro atoms. The predicted octanol–water partition coefficient (Wildman–Crippen LogP) is 1.96.